The zero-order valence-electron chi connectivity index (χ0n) is 12.5. The molecule has 0 unspecified atom stereocenters. The number of rotatable bonds is 4. The van der Waals surface area contributed by atoms with E-state index in [-0.39, 0.29) is 4.90 Å². The monoisotopic (exact) mass is 304 g/mol. The van der Waals surface area contributed by atoms with Gasteiger partial charge in [0.1, 0.15) is 0 Å². The maximum absolute atomic E-state index is 12.5. The molecule has 0 radical (unpaired) electrons. The van der Waals surface area contributed by atoms with Crippen LogP contribution in [-0.4, -0.2) is 8.42 Å². The fourth-order valence-electron chi connectivity index (χ4n) is 2.08. The number of anilines is 1. The first-order chi connectivity index (χ1) is 9.83. The highest BCUT2D eigenvalue weighted by Gasteiger charge is 2.17. The van der Waals surface area contributed by atoms with Crippen molar-refractivity contribution in [3.8, 4) is 0 Å². The molecule has 0 atom stereocenters. The van der Waals surface area contributed by atoms with E-state index in [1.165, 1.54) is 0 Å². The average molecular weight is 304 g/mol. The maximum atomic E-state index is 12.5. The molecular formula is C16H20N2O2S. The van der Waals surface area contributed by atoms with E-state index in [1.807, 2.05) is 32.0 Å². The van der Waals surface area contributed by atoms with Gasteiger partial charge >= 0.3 is 0 Å². The molecule has 3 N–H and O–H groups in total. The van der Waals surface area contributed by atoms with Gasteiger partial charge in [-0.25, -0.2) is 8.42 Å². The van der Waals surface area contributed by atoms with Gasteiger partial charge in [-0.05, 0) is 61.2 Å². The third-order valence-electron chi connectivity index (χ3n) is 3.54. The van der Waals surface area contributed by atoms with Crippen molar-refractivity contribution in [3.63, 3.8) is 0 Å². The largest absolute Gasteiger partial charge is 0.326 e. The third-order valence-corrected chi connectivity index (χ3v) is 5.06. The molecule has 0 aliphatic carbocycles. The molecule has 21 heavy (non-hydrogen) atoms. The highest BCUT2D eigenvalue weighted by Crippen LogP contribution is 2.22. The topological polar surface area (TPSA) is 72.2 Å². The lowest BCUT2D eigenvalue weighted by Gasteiger charge is -2.12. The molecule has 0 amide bonds. The summed E-state index contributed by atoms with van der Waals surface area (Å²) in [6.07, 6.45) is 0. The van der Waals surface area contributed by atoms with Crippen molar-refractivity contribution in [2.75, 3.05) is 4.72 Å². The second-order valence-corrected chi connectivity index (χ2v) is 6.86. The van der Waals surface area contributed by atoms with E-state index in [9.17, 15) is 8.42 Å². The van der Waals surface area contributed by atoms with Crippen LogP contribution in [0.5, 0.6) is 0 Å². The number of nitrogens with two attached hydrogens (primary N) is 1. The van der Waals surface area contributed by atoms with Crippen LogP contribution < -0.4 is 10.5 Å². The van der Waals surface area contributed by atoms with E-state index in [0.29, 0.717) is 17.8 Å². The van der Waals surface area contributed by atoms with Crippen molar-refractivity contribution < 1.29 is 8.42 Å². The van der Waals surface area contributed by atoms with Crippen LogP contribution in [0.4, 0.5) is 5.69 Å². The van der Waals surface area contributed by atoms with Crippen molar-refractivity contribution in [2.45, 2.75) is 32.2 Å². The molecule has 4 nitrogen and oxygen atoms in total. The van der Waals surface area contributed by atoms with Crippen LogP contribution >= 0.6 is 0 Å². The molecule has 0 heterocycles. The van der Waals surface area contributed by atoms with Crippen LogP contribution in [0.2, 0.25) is 0 Å². The molecule has 0 bridgehead atoms. The summed E-state index contributed by atoms with van der Waals surface area (Å²) in [5.41, 5.74) is 9.81. The first-order valence-corrected chi connectivity index (χ1v) is 8.21. The van der Waals surface area contributed by atoms with Crippen LogP contribution in [0, 0.1) is 20.8 Å². The fraction of sp³-hybridized carbons (Fsp3) is 0.250. The van der Waals surface area contributed by atoms with Crippen molar-refractivity contribution in [2.24, 2.45) is 5.73 Å². The van der Waals surface area contributed by atoms with Crippen LogP contribution in [0.25, 0.3) is 0 Å². The standard InChI is InChI=1S/C16H20N2O2S/c1-11-5-7-15(8-13(11)3)18-21(19,20)16-9-14(10-17)6-4-12(16)2/h4-9,18H,10,17H2,1-3H3. The van der Waals surface area contributed by atoms with E-state index < -0.39 is 10.0 Å². The van der Waals surface area contributed by atoms with E-state index in [1.54, 1.807) is 25.1 Å². The quantitative estimate of drug-likeness (QED) is 0.912. The van der Waals surface area contributed by atoms with Crippen LogP contribution in [0.1, 0.15) is 22.3 Å². The molecule has 0 aromatic heterocycles. The maximum Gasteiger partial charge on any atom is 0.262 e. The van der Waals surface area contributed by atoms with Crippen LogP contribution in [-0.2, 0) is 16.6 Å². The Morgan fingerprint density at radius 2 is 1.62 bits per heavy atom. The van der Waals surface area contributed by atoms with Gasteiger partial charge in [0.05, 0.1) is 4.90 Å². The van der Waals surface area contributed by atoms with Gasteiger partial charge < -0.3 is 5.73 Å². The van der Waals surface area contributed by atoms with Gasteiger partial charge in [0.15, 0.2) is 0 Å². The van der Waals surface area contributed by atoms with Crippen molar-refractivity contribution >= 4 is 15.7 Å². The predicted molar refractivity (Wildman–Crippen MR) is 85.8 cm³/mol. The number of sulfonamides is 1. The van der Waals surface area contributed by atoms with Crippen LogP contribution in [0.15, 0.2) is 41.3 Å². The first kappa shape index (κ1) is 15.5. The average Bonchev–Trinajstić information content (AvgIpc) is 2.43. The molecule has 0 spiro atoms. The molecule has 2 aromatic rings. The molecule has 0 saturated heterocycles. The number of nitrogens with one attached hydrogen (secondary N) is 1. The summed E-state index contributed by atoms with van der Waals surface area (Å²) in [4.78, 5) is 0.267. The lowest BCUT2D eigenvalue weighted by atomic mass is 10.1. The highest BCUT2D eigenvalue weighted by atomic mass is 32.2. The van der Waals surface area contributed by atoms with Gasteiger partial charge in [0, 0.05) is 12.2 Å². The summed E-state index contributed by atoms with van der Waals surface area (Å²) in [6, 6.07) is 10.7. The molecule has 5 heteroatoms. The van der Waals surface area contributed by atoms with Gasteiger partial charge in [0.25, 0.3) is 10.0 Å². The lowest BCUT2D eigenvalue weighted by Crippen LogP contribution is -2.15. The Morgan fingerprint density at radius 1 is 0.952 bits per heavy atom. The first-order valence-electron chi connectivity index (χ1n) is 6.73. The Morgan fingerprint density at radius 3 is 2.24 bits per heavy atom. The lowest BCUT2D eigenvalue weighted by molar-refractivity contribution is 0.600. The van der Waals surface area contributed by atoms with E-state index >= 15 is 0 Å². The van der Waals surface area contributed by atoms with E-state index in [0.717, 1.165) is 16.7 Å². The SMILES string of the molecule is Cc1ccc(NS(=O)(=O)c2cc(CN)ccc2C)cc1C. The van der Waals surface area contributed by atoms with Gasteiger partial charge in [-0.1, -0.05) is 18.2 Å². The summed E-state index contributed by atoms with van der Waals surface area (Å²) in [6.45, 7) is 6.03. The van der Waals surface area contributed by atoms with Gasteiger partial charge in [-0.2, -0.15) is 0 Å². The Labute approximate surface area is 126 Å². The third kappa shape index (κ3) is 3.43. The number of aryl methyl sites for hydroxylation is 3. The van der Waals surface area contributed by atoms with Crippen molar-refractivity contribution in [1.29, 1.82) is 0 Å². The minimum atomic E-state index is -3.61. The normalized spacial score (nSPS) is 11.4. The summed E-state index contributed by atoms with van der Waals surface area (Å²) < 4.78 is 27.7. The van der Waals surface area contributed by atoms with E-state index in [2.05, 4.69) is 4.72 Å². The summed E-state index contributed by atoms with van der Waals surface area (Å²) in [5, 5.41) is 0. The highest BCUT2D eigenvalue weighted by molar-refractivity contribution is 7.92. The Kier molecular flexibility index (Phi) is 4.34. The summed E-state index contributed by atoms with van der Waals surface area (Å²) >= 11 is 0. The molecule has 112 valence electrons. The van der Waals surface area contributed by atoms with Crippen molar-refractivity contribution in [1.82, 2.24) is 0 Å². The smallest absolute Gasteiger partial charge is 0.262 e. The number of hydrogen-bond acceptors (Lipinski definition) is 3. The molecule has 0 saturated carbocycles. The minimum Gasteiger partial charge on any atom is -0.326 e. The molecule has 2 rings (SSSR count). The second-order valence-electron chi connectivity index (χ2n) is 5.21. The summed E-state index contributed by atoms with van der Waals surface area (Å²) in [5.74, 6) is 0. The Bertz CT molecular complexity index is 768. The van der Waals surface area contributed by atoms with Crippen molar-refractivity contribution in [3.05, 3.63) is 58.7 Å². The zero-order chi connectivity index (χ0) is 15.6. The second kappa shape index (κ2) is 5.87. The molecule has 0 fully saturated rings. The molecule has 2 aromatic carbocycles. The minimum absolute atomic E-state index is 0.267. The molecule has 0 aliphatic heterocycles. The van der Waals surface area contributed by atoms with Gasteiger partial charge in [0.2, 0.25) is 0 Å². The van der Waals surface area contributed by atoms with Gasteiger partial charge in [-0.3, -0.25) is 4.72 Å². The van der Waals surface area contributed by atoms with E-state index in [4.69, 9.17) is 5.73 Å². The fourth-order valence-corrected chi connectivity index (χ4v) is 3.42. The molecule has 0 aliphatic rings. The zero-order valence-corrected chi connectivity index (χ0v) is 13.3. The predicted octanol–water partition coefficient (Wildman–Crippen LogP) is 2.87. The van der Waals surface area contributed by atoms with Gasteiger partial charge in [-0.15, -0.1) is 0 Å². The Balaban J connectivity index is 2.40. The Hall–Kier alpha value is -1.85. The summed E-state index contributed by atoms with van der Waals surface area (Å²) in [7, 11) is -3.61. The van der Waals surface area contributed by atoms with Crippen LogP contribution in [0.3, 0.4) is 0 Å². The number of benzene rings is 2. The number of hydrogen-bond donors (Lipinski definition) is 2. The molecular weight excluding hydrogens is 284 g/mol.